The number of hydrogen-bond donors (Lipinski definition) is 1. The van der Waals surface area contributed by atoms with E-state index in [9.17, 15) is 0 Å². The van der Waals surface area contributed by atoms with Crippen LogP contribution in [0.15, 0.2) is 12.1 Å². The summed E-state index contributed by atoms with van der Waals surface area (Å²) >= 11 is 6.42. The van der Waals surface area contributed by atoms with E-state index in [1.54, 1.807) is 14.2 Å². The van der Waals surface area contributed by atoms with Gasteiger partial charge in [0.25, 0.3) is 0 Å². The zero-order valence-electron chi connectivity index (χ0n) is 10.5. The maximum Gasteiger partial charge on any atom is 0.179 e. The number of halogens is 1. The van der Waals surface area contributed by atoms with Crippen molar-refractivity contribution in [1.29, 1.82) is 0 Å². The van der Waals surface area contributed by atoms with Crippen LogP contribution < -0.4 is 14.8 Å². The lowest BCUT2D eigenvalue weighted by Gasteiger charge is -2.27. The van der Waals surface area contributed by atoms with Gasteiger partial charge in [-0.1, -0.05) is 17.7 Å². The van der Waals surface area contributed by atoms with Crippen LogP contribution >= 0.6 is 11.6 Å². The minimum Gasteiger partial charge on any atom is -0.493 e. The van der Waals surface area contributed by atoms with Crippen LogP contribution in [0.4, 0.5) is 0 Å². The molecule has 2 rings (SSSR count). The summed E-state index contributed by atoms with van der Waals surface area (Å²) in [5, 5.41) is 4.14. The third-order valence-electron chi connectivity index (χ3n) is 3.45. The summed E-state index contributed by atoms with van der Waals surface area (Å²) in [6, 6.07) is 3.92. The van der Waals surface area contributed by atoms with Crippen molar-refractivity contribution >= 4 is 11.6 Å². The third kappa shape index (κ3) is 2.09. The third-order valence-corrected chi connectivity index (χ3v) is 3.82. The van der Waals surface area contributed by atoms with Gasteiger partial charge >= 0.3 is 0 Å². The van der Waals surface area contributed by atoms with Crippen LogP contribution in [-0.2, 0) is 5.54 Å². The molecule has 1 aromatic rings. The molecule has 1 saturated heterocycles. The van der Waals surface area contributed by atoms with Gasteiger partial charge < -0.3 is 14.8 Å². The highest BCUT2D eigenvalue weighted by atomic mass is 35.5. The van der Waals surface area contributed by atoms with Crippen LogP contribution in [0.3, 0.4) is 0 Å². The average molecular weight is 256 g/mol. The Hall–Kier alpha value is -0.930. The van der Waals surface area contributed by atoms with Gasteiger partial charge in [0.15, 0.2) is 11.5 Å². The van der Waals surface area contributed by atoms with Crippen molar-refractivity contribution in [2.24, 2.45) is 0 Å². The first-order chi connectivity index (χ1) is 8.12. The molecule has 1 unspecified atom stereocenters. The molecule has 1 aliphatic rings. The molecule has 1 atom stereocenters. The SMILES string of the molecule is COc1ccc(C2(C)CCCN2)c(Cl)c1OC. The van der Waals surface area contributed by atoms with Gasteiger partial charge in [0.1, 0.15) is 0 Å². The van der Waals surface area contributed by atoms with Crippen LogP contribution in [0.1, 0.15) is 25.3 Å². The van der Waals surface area contributed by atoms with Crippen LogP contribution in [0.2, 0.25) is 5.02 Å². The van der Waals surface area contributed by atoms with Gasteiger partial charge in [-0.25, -0.2) is 0 Å². The summed E-state index contributed by atoms with van der Waals surface area (Å²) in [5.74, 6) is 1.28. The monoisotopic (exact) mass is 255 g/mol. The molecule has 1 aromatic carbocycles. The van der Waals surface area contributed by atoms with E-state index in [0.29, 0.717) is 16.5 Å². The molecule has 0 amide bonds. The molecule has 94 valence electrons. The first kappa shape index (κ1) is 12.5. The molecule has 1 heterocycles. The van der Waals surface area contributed by atoms with Crippen molar-refractivity contribution in [3.63, 3.8) is 0 Å². The first-order valence-electron chi connectivity index (χ1n) is 5.78. The summed E-state index contributed by atoms with van der Waals surface area (Å²) in [6.45, 7) is 3.20. The molecule has 0 bridgehead atoms. The molecule has 0 saturated carbocycles. The Kier molecular flexibility index (Phi) is 3.50. The zero-order valence-corrected chi connectivity index (χ0v) is 11.2. The predicted octanol–water partition coefficient (Wildman–Crippen LogP) is 2.96. The van der Waals surface area contributed by atoms with Crippen molar-refractivity contribution < 1.29 is 9.47 Å². The second kappa shape index (κ2) is 4.75. The Morgan fingerprint density at radius 1 is 1.29 bits per heavy atom. The number of nitrogens with one attached hydrogen (secondary N) is 1. The van der Waals surface area contributed by atoms with Gasteiger partial charge in [0.2, 0.25) is 0 Å². The smallest absolute Gasteiger partial charge is 0.179 e. The van der Waals surface area contributed by atoms with Gasteiger partial charge in [0, 0.05) is 5.54 Å². The molecule has 0 aromatic heterocycles. The fraction of sp³-hybridized carbons (Fsp3) is 0.538. The molecule has 1 fully saturated rings. The number of hydrogen-bond acceptors (Lipinski definition) is 3. The Morgan fingerprint density at radius 3 is 2.59 bits per heavy atom. The van der Waals surface area contributed by atoms with Gasteiger partial charge in [-0.05, 0) is 37.9 Å². The lowest BCUT2D eigenvalue weighted by molar-refractivity contribution is 0.351. The molecule has 0 spiro atoms. The summed E-state index contributed by atoms with van der Waals surface area (Å²) in [7, 11) is 3.22. The van der Waals surface area contributed by atoms with Crippen molar-refractivity contribution in [1.82, 2.24) is 5.32 Å². The molecule has 0 radical (unpaired) electrons. The highest BCUT2D eigenvalue weighted by molar-refractivity contribution is 6.33. The summed E-state index contributed by atoms with van der Waals surface area (Å²) < 4.78 is 10.6. The van der Waals surface area contributed by atoms with Crippen LogP contribution in [0.25, 0.3) is 0 Å². The van der Waals surface area contributed by atoms with Crippen LogP contribution in [-0.4, -0.2) is 20.8 Å². The predicted molar refractivity (Wildman–Crippen MR) is 69.1 cm³/mol. The fourth-order valence-corrected chi connectivity index (χ4v) is 2.88. The second-order valence-electron chi connectivity index (χ2n) is 4.53. The Balaban J connectivity index is 2.49. The van der Waals surface area contributed by atoms with E-state index in [2.05, 4.69) is 12.2 Å². The molecular weight excluding hydrogens is 238 g/mol. The largest absolute Gasteiger partial charge is 0.493 e. The molecule has 1 aliphatic heterocycles. The normalized spacial score (nSPS) is 23.8. The van der Waals surface area contributed by atoms with E-state index in [4.69, 9.17) is 21.1 Å². The Bertz CT molecular complexity index is 414. The number of benzene rings is 1. The fourth-order valence-electron chi connectivity index (χ4n) is 2.44. The van der Waals surface area contributed by atoms with Gasteiger partial charge in [-0.2, -0.15) is 0 Å². The quantitative estimate of drug-likeness (QED) is 0.901. The maximum absolute atomic E-state index is 6.42. The molecular formula is C13H18ClNO2. The molecule has 0 aliphatic carbocycles. The average Bonchev–Trinajstić information content (AvgIpc) is 2.76. The van der Waals surface area contributed by atoms with E-state index in [-0.39, 0.29) is 5.54 Å². The van der Waals surface area contributed by atoms with E-state index >= 15 is 0 Å². The van der Waals surface area contributed by atoms with Gasteiger partial charge in [0.05, 0.1) is 19.2 Å². The summed E-state index contributed by atoms with van der Waals surface area (Å²) in [6.07, 6.45) is 2.25. The molecule has 4 heteroatoms. The van der Waals surface area contributed by atoms with Crippen molar-refractivity contribution in [3.05, 3.63) is 22.7 Å². The van der Waals surface area contributed by atoms with Crippen LogP contribution in [0, 0.1) is 0 Å². The molecule has 17 heavy (non-hydrogen) atoms. The zero-order chi connectivity index (χ0) is 12.5. The highest BCUT2D eigenvalue weighted by Gasteiger charge is 2.33. The number of methoxy groups -OCH3 is 2. The van der Waals surface area contributed by atoms with E-state index in [0.717, 1.165) is 18.5 Å². The van der Waals surface area contributed by atoms with E-state index < -0.39 is 0 Å². The van der Waals surface area contributed by atoms with Crippen molar-refractivity contribution in [2.75, 3.05) is 20.8 Å². The molecule has 1 N–H and O–H groups in total. The van der Waals surface area contributed by atoms with Gasteiger partial charge in [-0.15, -0.1) is 0 Å². The van der Waals surface area contributed by atoms with E-state index in [1.165, 1.54) is 6.42 Å². The Morgan fingerprint density at radius 2 is 2.06 bits per heavy atom. The lowest BCUT2D eigenvalue weighted by atomic mass is 9.90. The lowest BCUT2D eigenvalue weighted by Crippen LogP contribution is -2.33. The second-order valence-corrected chi connectivity index (χ2v) is 4.90. The maximum atomic E-state index is 6.42. The summed E-state index contributed by atoms with van der Waals surface area (Å²) in [5.41, 5.74) is 1.02. The van der Waals surface area contributed by atoms with Crippen LogP contribution in [0.5, 0.6) is 11.5 Å². The topological polar surface area (TPSA) is 30.5 Å². The standard InChI is InChI=1S/C13H18ClNO2/c1-13(7-4-8-15-13)9-5-6-10(16-2)12(17-3)11(9)14/h5-6,15H,4,7-8H2,1-3H3. The molecule has 3 nitrogen and oxygen atoms in total. The van der Waals surface area contributed by atoms with Gasteiger partial charge in [-0.3, -0.25) is 0 Å². The Labute approximate surface area is 107 Å². The number of ether oxygens (including phenoxy) is 2. The highest BCUT2D eigenvalue weighted by Crippen LogP contribution is 2.43. The van der Waals surface area contributed by atoms with Crippen molar-refractivity contribution in [2.45, 2.75) is 25.3 Å². The van der Waals surface area contributed by atoms with E-state index in [1.807, 2.05) is 12.1 Å². The first-order valence-corrected chi connectivity index (χ1v) is 6.16. The minimum atomic E-state index is -0.0589. The summed E-state index contributed by atoms with van der Waals surface area (Å²) in [4.78, 5) is 0. The van der Waals surface area contributed by atoms with Crippen molar-refractivity contribution in [3.8, 4) is 11.5 Å². The number of rotatable bonds is 3. The minimum absolute atomic E-state index is 0.0589.